The van der Waals surface area contributed by atoms with Crippen molar-refractivity contribution in [1.29, 1.82) is 0 Å². The van der Waals surface area contributed by atoms with Crippen LogP contribution >= 0.6 is 11.6 Å². The second-order valence-corrected chi connectivity index (χ2v) is 7.93. The molecule has 0 atom stereocenters. The number of rotatable bonds is 7. The minimum absolute atomic E-state index is 0.0752. The lowest BCUT2D eigenvalue weighted by Crippen LogP contribution is -2.33. The maximum absolute atomic E-state index is 12.4. The number of nitrogens with one attached hydrogen (secondary N) is 1. The summed E-state index contributed by atoms with van der Waals surface area (Å²) in [5.41, 5.74) is 0.149. The Morgan fingerprint density at radius 1 is 1.29 bits per heavy atom. The number of likely N-dealkylation sites (tertiary alicyclic amines) is 1. The van der Waals surface area contributed by atoms with Crippen molar-refractivity contribution < 1.29 is 17.9 Å². The molecule has 0 spiro atoms. The van der Waals surface area contributed by atoms with Gasteiger partial charge in [0.05, 0.1) is 17.7 Å². The van der Waals surface area contributed by atoms with Gasteiger partial charge < -0.3 is 9.64 Å². The van der Waals surface area contributed by atoms with Crippen molar-refractivity contribution in [3.63, 3.8) is 0 Å². The summed E-state index contributed by atoms with van der Waals surface area (Å²) in [6.07, 6.45) is 4.43. The molecule has 0 aliphatic carbocycles. The molecule has 24 heavy (non-hydrogen) atoms. The summed E-state index contributed by atoms with van der Waals surface area (Å²) in [5, 5.41) is 0.0752. The Balaban J connectivity index is 1.95. The maximum Gasteiger partial charge on any atom is 0.337 e. The summed E-state index contributed by atoms with van der Waals surface area (Å²) in [4.78, 5) is 13.8. The number of esters is 1. The minimum atomic E-state index is -3.77. The van der Waals surface area contributed by atoms with E-state index in [0.717, 1.165) is 26.1 Å². The first kappa shape index (κ1) is 19.2. The number of benzene rings is 1. The number of methoxy groups -OCH3 is 1. The van der Waals surface area contributed by atoms with Gasteiger partial charge in [-0.1, -0.05) is 18.0 Å². The average molecular weight is 375 g/mol. The highest BCUT2D eigenvalue weighted by Gasteiger charge is 2.20. The van der Waals surface area contributed by atoms with Gasteiger partial charge in [-0.3, -0.25) is 0 Å². The lowest BCUT2D eigenvalue weighted by Gasteiger charge is -2.26. The Bertz CT molecular complexity index is 673. The van der Waals surface area contributed by atoms with E-state index in [9.17, 15) is 13.2 Å². The van der Waals surface area contributed by atoms with Gasteiger partial charge in [-0.05, 0) is 57.1 Å². The molecule has 1 aromatic rings. The van der Waals surface area contributed by atoms with Crippen LogP contribution in [0.25, 0.3) is 0 Å². The van der Waals surface area contributed by atoms with Crippen LogP contribution in [0.3, 0.4) is 0 Å². The Morgan fingerprint density at radius 2 is 2.00 bits per heavy atom. The molecule has 6 nitrogen and oxygen atoms in total. The fraction of sp³-hybridized carbons (Fsp3) is 0.562. The number of carbonyl (C=O) groups is 1. The van der Waals surface area contributed by atoms with Crippen LogP contribution in [0.4, 0.5) is 0 Å². The highest BCUT2D eigenvalue weighted by molar-refractivity contribution is 7.89. The van der Waals surface area contributed by atoms with E-state index in [-0.39, 0.29) is 15.5 Å². The summed E-state index contributed by atoms with van der Waals surface area (Å²) < 4.78 is 32.0. The topological polar surface area (TPSA) is 75.7 Å². The quantitative estimate of drug-likeness (QED) is 0.585. The fourth-order valence-electron chi connectivity index (χ4n) is 2.72. The third-order valence-corrected chi connectivity index (χ3v) is 5.98. The molecule has 1 aromatic carbocycles. The molecule has 8 heteroatoms. The van der Waals surface area contributed by atoms with Crippen LogP contribution in [0.15, 0.2) is 23.1 Å². The SMILES string of the molecule is COC(=O)c1ccc(Cl)c(S(=O)(=O)NCCCN2CCCCC2)c1. The second kappa shape index (κ2) is 8.80. The molecule has 0 aromatic heterocycles. The molecule has 0 amide bonds. The molecule has 1 heterocycles. The largest absolute Gasteiger partial charge is 0.465 e. The van der Waals surface area contributed by atoms with Gasteiger partial charge in [-0.25, -0.2) is 17.9 Å². The summed E-state index contributed by atoms with van der Waals surface area (Å²) in [6, 6.07) is 4.06. The maximum atomic E-state index is 12.4. The highest BCUT2D eigenvalue weighted by Crippen LogP contribution is 2.23. The third-order valence-electron chi connectivity index (χ3n) is 4.03. The first-order valence-electron chi connectivity index (χ1n) is 8.04. The predicted molar refractivity (Wildman–Crippen MR) is 92.9 cm³/mol. The molecule has 1 N–H and O–H groups in total. The zero-order valence-corrected chi connectivity index (χ0v) is 15.3. The number of nitrogens with zero attached hydrogens (tertiary/aromatic N) is 1. The van der Waals surface area contributed by atoms with Gasteiger partial charge in [-0.15, -0.1) is 0 Å². The van der Waals surface area contributed by atoms with Gasteiger partial charge >= 0.3 is 5.97 Å². The number of sulfonamides is 1. The van der Waals surface area contributed by atoms with Crippen molar-refractivity contribution in [2.24, 2.45) is 0 Å². The zero-order valence-electron chi connectivity index (χ0n) is 13.8. The number of carbonyl (C=O) groups excluding carboxylic acids is 1. The van der Waals surface area contributed by atoms with Crippen LogP contribution < -0.4 is 4.72 Å². The smallest absolute Gasteiger partial charge is 0.337 e. The summed E-state index contributed by atoms with van der Waals surface area (Å²) >= 11 is 5.98. The van der Waals surface area contributed by atoms with E-state index in [1.54, 1.807) is 0 Å². The van der Waals surface area contributed by atoms with Crippen molar-refractivity contribution >= 4 is 27.6 Å². The van der Waals surface area contributed by atoms with E-state index < -0.39 is 16.0 Å². The molecule has 1 saturated heterocycles. The van der Waals surface area contributed by atoms with Crippen molar-refractivity contribution in [3.8, 4) is 0 Å². The third kappa shape index (κ3) is 5.17. The second-order valence-electron chi connectivity index (χ2n) is 5.79. The molecule has 0 radical (unpaired) electrons. The van der Waals surface area contributed by atoms with Crippen LogP contribution in [-0.4, -0.2) is 52.6 Å². The molecule has 134 valence electrons. The number of piperidine rings is 1. The number of halogens is 1. The van der Waals surface area contributed by atoms with E-state index in [2.05, 4.69) is 14.4 Å². The van der Waals surface area contributed by atoms with Gasteiger partial charge in [0.25, 0.3) is 0 Å². The van der Waals surface area contributed by atoms with Gasteiger partial charge in [0.1, 0.15) is 4.90 Å². The Kier molecular flexibility index (Phi) is 7.03. The first-order valence-corrected chi connectivity index (χ1v) is 9.90. The molecule has 0 saturated carbocycles. The van der Waals surface area contributed by atoms with Crippen molar-refractivity contribution in [3.05, 3.63) is 28.8 Å². The molecule has 1 fully saturated rings. The van der Waals surface area contributed by atoms with Crippen LogP contribution in [-0.2, 0) is 14.8 Å². The summed E-state index contributed by atoms with van der Waals surface area (Å²) in [7, 11) is -2.53. The molecule has 0 bridgehead atoms. The van der Waals surface area contributed by atoms with E-state index in [4.69, 9.17) is 11.6 Å². The molecular formula is C16H23ClN2O4S. The number of hydrogen-bond acceptors (Lipinski definition) is 5. The van der Waals surface area contributed by atoms with Gasteiger partial charge in [0, 0.05) is 6.54 Å². The van der Waals surface area contributed by atoms with Gasteiger partial charge in [0.2, 0.25) is 10.0 Å². The van der Waals surface area contributed by atoms with E-state index in [1.165, 1.54) is 44.6 Å². The molecule has 2 rings (SSSR count). The summed E-state index contributed by atoms with van der Waals surface area (Å²) in [6.45, 7) is 3.37. The number of hydrogen-bond donors (Lipinski definition) is 1. The Morgan fingerprint density at radius 3 is 2.67 bits per heavy atom. The average Bonchev–Trinajstić information content (AvgIpc) is 2.59. The normalized spacial score (nSPS) is 16.1. The van der Waals surface area contributed by atoms with E-state index in [0.29, 0.717) is 6.54 Å². The highest BCUT2D eigenvalue weighted by atomic mass is 35.5. The lowest BCUT2D eigenvalue weighted by atomic mass is 10.1. The van der Waals surface area contributed by atoms with Gasteiger partial charge in [0.15, 0.2) is 0 Å². The standard InChI is InChI=1S/C16H23ClN2O4S/c1-23-16(20)13-6-7-14(17)15(12-13)24(21,22)18-8-5-11-19-9-3-2-4-10-19/h6-7,12,18H,2-5,8-11H2,1H3. The van der Waals surface area contributed by atoms with Crippen molar-refractivity contribution in [2.75, 3.05) is 33.3 Å². The van der Waals surface area contributed by atoms with Crippen LogP contribution in [0, 0.1) is 0 Å². The van der Waals surface area contributed by atoms with Crippen molar-refractivity contribution in [2.45, 2.75) is 30.6 Å². The van der Waals surface area contributed by atoms with Crippen LogP contribution in [0.2, 0.25) is 5.02 Å². The molecule has 1 aliphatic heterocycles. The number of ether oxygens (including phenoxy) is 1. The van der Waals surface area contributed by atoms with E-state index in [1.807, 2.05) is 0 Å². The first-order chi connectivity index (χ1) is 11.4. The summed E-state index contributed by atoms with van der Waals surface area (Å²) in [5.74, 6) is -0.604. The fourth-order valence-corrected chi connectivity index (χ4v) is 4.32. The predicted octanol–water partition coefficient (Wildman–Crippen LogP) is 2.28. The van der Waals surface area contributed by atoms with Gasteiger partial charge in [-0.2, -0.15) is 0 Å². The Hall–Kier alpha value is -1.15. The zero-order chi connectivity index (χ0) is 17.6. The van der Waals surface area contributed by atoms with Crippen molar-refractivity contribution in [1.82, 2.24) is 9.62 Å². The van der Waals surface area contributed by atoms with Crippen LogP contribution in [0.5, 0.6) is 0 Å². The lowest BCUT2D eigenvalue weighted by molar-refractivity contribution is 0.0600. The minimum Gasteiger partial charge on any atom is -0.465 e. The monoisotopic (exact) mass is 374 g/mol. The Labute approximate surface area is 148 Å². The van der Waals surface area contributed by atoms with Crippen LogP contribution in [0.1, 0.15) is 36.0 Å². The van der Waals surface area contributed by atoms with E-state index >= 15 is 0 Å². The molecular weight excluding hydrogens is 352 g/mol. The molecule has 1 aliphatic rings. The molecule has 0 unspecified atom stereocenters.